The number of carbonyl (C=O) groups is 1. The van der Waals surface area contributed by atoms with Crippen molar-refractivity contribution in [1.29, 1.82) is 0 Å². The number of rotatable bonds is 4. The van der Waals surface area contributed by atoms with Gasteiger partial charge in [0.25, 0.3) is 0 Å². The van der Waals surface area contributed by atoms with Crippen molar-refractivity contribution in [3.8, 4) is 5.75 Å². The van der Waals surface area contributed by atoms with Gasteiger partial charge in [-0.25, -0.2) is 0 Å². The number of fused-ring (bicyclic) bond motifs is 1. The van der Waals surface area contributed by atoms with Gasteiger partial charge in [-0.05, 0) is 30.2 Å². The second-order valence-electron chi connectivity index (χ2n) is 4.46. The summed E-state index contributed by atoms with van der Waals surface area (Å²) >= 11 is 0. The third kappa shape index (κ3) is 2.42. The van der Waals surface area contributed by atoms with E-state index in [2.05, 4.69) is 0 Å². The highest BCUT2D eigenvalue weighted by molar-refractivity contribution is 5.68. The SMILES string of the molecule is Cc1cc(C(CN)CC(=O)O)cc2c1OCC2. The lowest BCUT2D eigenvalue weighted by Gasteiger charge is -2.15. The summed E-state index contributed by atoms with van der Waals surface area (Å²) in [6.07, 6.45) is 0.976. The fourth-order valence-corrected chi connectivity index (χ4v) is 2.32. The van der Waals surface area contributed by atoms with Crippen LogP contribution in [0, 0.1) is 6.92 Å². The number of carboxylic acid groups (broad SMARTS) is 1. The fraction of sp³-hybridized carbons (Fsp3) is 0.462. The molecule has 1 aliphatic rings. The number of nitrogens with two attached hydrogens (primary N) is 1. The molecule has 1 aromatic carbocycles. The number of aliphatic carboxylic acids is 1. The zero-order valence-corrected chi connectivity index (χ0v) is 9.90. The van der Waals surface area contributed by atoms with Gasteiger partial charge in [-0.3, -0.25) is 4.79 Å². The Kier molecular flexibility index (Phi) is 3.33. The molecule has 2 rings (SSSR count). The van der Waals surface area contributed by atoms with Crippen molar-refractivity contribution in [2.75, 3.05) is 13.2 Å². The van der Waals surface area contributed by atoms with E-state index in [0.29, 0.717) is 13.2 Å². The number of benzene rings is 1. The van der Waals surface area contributed by atoms with Gasteiger partial charge in [-0.1, -0.05) is 12.1 Å². The van der Waals surface area contributed by atoms with Gasteiger partial charge in [0.2, 0.25) is 0 Å². The van der Waals surface area contributed by atoms with E-state index in [1.165, 1.54) is 5.56 Å². The molecule has 1 heterocycles. The molecule has 0 spiro atoms. The first-order chi connectivity index (χ1) is 8.11. The lowest BCUT2D eigenvalue weighted by molar-refractivity contribution is -0.137. The molecule has 4 nitrogen and oxygen atoms in total. The number of aryl methyl sites for hydroxylation is 1. The summed E-state index contributed by atoms with van der Waals surface area (Å²) in [6.45, 7) is 3.05. The van der Waals surface area contributed by atoms with E-state index in [1.807, 2.05) is 19.1 Å². The monoisotopic (exact) mass is 235 g/mol. The highest BCUT2D eigenvalue weighted by Crippen LogP contribution is 2.33. The molecule has 1 aliphatic heterocycles. The van der Waals surface area contributed by atoms with Crippen LogP contribution in [0.2, 0.25) is 0 Å². The van der Waals surface area contributed by atoms with Crippen molar-refractivity contribution in [1.82, 2.24) is 0 Å². The number of carboxylic acids is 1. The van der Waals surface area contributed by atoms with E-state index >= 15 is 0 Å². The summed E-state index contributed by atoms with van der Waals surface area (Å²) in [5, 5.41) is 8.86. The minimum absolute atomic E-state index is 0.0790. The van der Waals surface area contributed by atoms with Gasteiger partial charge in [0.05, 0.1) is 13.0 Å². The van der Waals surface area contributed by atoms with Crippen LogP contribution in [0.4, 0.5) is 0 Å². The zero-order chi connectivity index (χ0) is 12.4. The lowest BCUT2D eigenvalue weighted by Crippen LogP contribution is -2.16. The molecule has 0 saturated carbocycles. The minimum atomic E-state index is -0.810. The van der Waals surface area contributed by atoms with Crippen LogP contribution in [-0.4, -0.2) is 24.2 Å². The van der Waals surface area contributed by atoms with Gasteiger partial charge >= 0.3 is 5.97 Å². The molecule has 0 amide bonds. The summed E-state index contributed by atoms with van der Waals surface area (Å²) in [7, 11) is 0. The quantitative estimate of drug-likeness (QED) is 0.828. The Balaban J connectivity index is 2.32. The average molecular weight is 235 g/mol. The van der Waals surface area contributed by atoms with Crippen molar-refractivity contribution in [2.24, 2.45) is 5.73 Å². The summed E-state index contributed by atoms with van der Waals surface area (Å²) in [4.78, 5) is 10.8. The van der Waals surface area contributed by atoms with Crippen LogP contribution < -0.4 is 10.5 Å². The Hall–Kier alpha value is -1.55. The maximum Gasteiger partial charge on any atom is 0.304 e. The number of hydrogen-bond acceptors (Lipinski definition) is 3. The Bertz CT molecular complexity index is 443. The van der Waals surface area contributed by atoms with E-state index in [1.54, 1.807) is 0 Å². The van der Waals surface area contributed by atoms with E-state index in [9.17, 15) is 4.79 Å². The highest BCUT2D eigenvalue weighted by Gasteiger charge is 2.20. The largest absolute Gasteiger partial charge is 0.493 e. The second kappa shape index (κ2) is 4.75. The Morgan fingerprint density at radius 3 is 3.00 bits per heavy atom. The Morgan fingerprint density at radius 2 is 2.35 bits per heavy atom. The van der Waals surface area contributed by atoms with Gasteiger partial charge in [-0.15, -0.1) is 0 Å². The van der Waals surface area contributed by atoms with Crippen molar-refractivity contribution in [3.63, 3.8) is 0 Å². The molecule has 1 aromatic rings. The molecule has 4 heteroatoms. The molecule has 17 heavy (non-hydrogen) atoms. The maximum absolute atomic E-state index is 10.8. The van der Waals surface area contributed by atoms with Crippen molar-refractivity contribution < 1.29 is 14.6 Å². The third-order valence-corrected chi connectivity index (χ3v) is 3.17. The Morgan fingerprint density at radius 1 is 1.59 bits per heavy atom. The molecule has 0 saturated heterocycles. The molecular weight excluding hydrogens is 218 g/mol. The molecule has 0 aliphatic carbocycles. The van der Waals surface area contributed by atoms with Gasteiger partial charge in [-0.2, -0.15) is 0 Å². The molecule has 92 valence electrons. The van der Waals surface area contributed by atoms with Gasteiger partial charge in [0.1, 0.15) is 5.75 Å². The van der Waals surface area contributed by atoms with E-state index < -0.39 is 5.97 Å². The van der Waals surface area contributed by atoms with Crippen molar-refractivity contribution in [2.45, 2.75) is 25.7 Å². The van der Waals surface area contributed by atoms with Gasteiger partial charge in [0, 0.05) is 12.3 Å². The number of ether oxygens (including phenoxy) is 1. The second-order valence-corrected chi connectivity index (χ2v) is 4.46. The van der Waals surface area contributed by atoms with Crippen LogP contribution >= 0.6 is 0 Å². The first-order valence-electron chi connectivity index (χ1n) is 5.80. The molecule has 3 N–H and O–H groups in total. The maximum atomic E-state index is 10.8. The van der Waals surface area contributed by atoms with Crippen LogP contribution in [0.1, 0.15) is 29.0 Å². The molecular formula is C13H17NO3. The summed E-state index contributed by atoms with van der Waals surface area (Å²) < 4.78 is 5.53. The van der Waals surface area contributed by atoms with Gasteiger partial charge < -0.3 is 15.6 Å². The van der Waals surface area contributed by atoms with E-state index in [-0.39, 0.29) is 12.3 Å². The van der Waals surface area contributed by atoms with Crippen LogP contribution in [0.15, 0.2) is 12.1 Å². The van der Waals surface area contributed by atoms with Crippen molar-refractivity contribution in [3.05, 3.63) is 28.8 Å². The Labute approximate surface area is 100 Å². The summed E-state index contributed by atoms with van der Waals surface area (Å²) in [6, 6.07) is 4.03. The van der Waals surface area contributed by atoms with Crippen LogP contribution in [0.25, 0.3) is 0 Å². The molecule has 1 atom stereocenters. The predicted octanol–water partition coefficient (Wildman–Crippen LogP) is 1.45. The molecule has 0 fully saturated rings. The molecule has 0 bridgehead atoms. The third-order valence-electron chi connectivity index (χ3n) is 3.17. The molecule has 0 aromatic heterocycles. The molecule has 0 radical (unpaired) electrons. The smallest absolute Gasteiger partial charge is 0.304 e. The predicted molar refractivity (Wildman–Crippen MR) is 64.4 cm³/mol. The zero-order valence-electron chi connectivity index (χ0n) is 9.90. The standard InChI is InChI=1S/C13H17NO3/c1-8-4-10(11(7-14)6-12(15)16)5-9-2-3-17-13(8)9/h4-5,11H,2-3,6-7,14H2,1H3,(H,15,16). The lowest BCUT2D eigenvalue weighted by atomic mass is 9.92. The summed E-state index contributed by atoms with van der Waals surface area (Å²) in [5.74, 6) is 0.0341. The first kappa shape index (κ1) is 11.9. The first-order valence-corrected chi connectivity index (χ1v) is 5.80. The molecule has 1 unspecified atom stereocenters. The average Bonchev–Trinajstić information content (AvgIpc) is 2.74. The summed E-state index contributed by atoms with van der Waals surface area (Å²) in [5.41, 5.74) is 8.90. The van der Waals surface area contributed by atoms with Crippen LogP contribution in [0.3, 0.4) is 0 Å². The fourth-order valence-electron chi connectivity index (χ4n) is 2.32. The van der Waals surface area contributed by atoms with Gasteiger partial charge in [0.15, 0.2) is 0 Å². The topological polar surface area (TPSA) is 72.6 Å². The van der Waals surface area contributed by atoms with E-state index in [0.717, 1.165) is 23.3 Å². The highest BCUT2D eigenvalue weighted by atomic mass is 16.5. The minimum Gasteiger partial charge on any atom is -0.493 e. The van der Waals surface area contributed by atoms with Crippen LogP contribution in [0.5, 0.6) is 5.75 Å². The van der Waals surface area contributed by atoms with Crippen molar-refractivity contribution >= 4 is 5.97 Å². The number of hydrogen-bond donors (Lipinski definition) is 2. The van der Waals surface area contributed by atoms with Crippen LogP contribution in [-0.2, 0) is 11.2 Å². The normalized spacial score (nSPS) is 15.2. The van der Waals surface area contributed by atoms with E-state index in [4.69, 9.17) is 15.6 Å².